The van der Waals surface area contributed by atoms with Crippen LogP contribution in [0.1, 0.15) is 61.5 Å². The number of amides is 2. The fourth-order valence-electron chi connectivity index (χ4n) is 4.03. The van der Waals surface area contributed by atoms with E-state index in [-0.39, 0.29) is 35.0 Å². The maximum atomic E-state index is 12.9. The number of carbonyl (C=O) groups is 2. The molecule has 1 fully saturated rings. The van der Waals surface area contributed by atoms with E-state index >= 15 is 0 Å². The highest BCUT2D eigenvalue weighted by Crippen LogP contribution is 2.39. The van der Waals surface area contributed by atoms with Crippen molar-refractivity contribution in [3.05, 3.63) is 59.8 Å². The molecule has 3 aromatic rings. The Labute approximate surface area is 223 Å². The molecule has 0 aliphatic heterocycles. The molecule has 3 N–H and O–H groups in total. The third kappa shape index (κ3) is 5.77. The van der Waals surface area contributed by atoms with E-state index in [4.69, 9.17) is 0 Å². The van der Waals surface area contributed by atoms with Gasteiger partial charge in [-0.15, -0.1) is 0 Å². The molecule has 1 unspecified atom stereocenters. The van der Waals surface area contributed by atoms with Crippen LogP contribution in [-0.2, 0) is 9.84 Å². The Morgan fingerprint density at radius 1 is 1.15 bits per heavy atom. The molecule has 1 atom stereocenters. The molecular formula is C26H27F3N4O5S. The van der Waals surface area contributed by atoms with Crippen LogP contribution in [0.5, 0.6) is 5.75 Å². The summed E-state index contributed by atoms with van der Waals surface area (Å²) in [7, 11) is -5.63. The number of rotatable bonds is 7. The number of phenolic OH excluding ortho intramolecular Hbond substituents is 1. The van der Waals surface area contributed by atoms with Gasteiger partial charge in [0.15, 0.2) is 0 Å². The monoisotopic (exact) mass is 564 g/mol. The lowest BCUT2D eigenvalue weighted by Gasteiger charge is -2.25. The summed E-state index contributed by atoms with van der Waals surface area (Å²) in [6.45, 7) is 3.83. The number of nitrogens with zero attached hydrogens (tertiary/aromatic N) is 2. The Balaban J connectivity index is 1.57. The molecule has 2 aromatic carbocycles. The predicted molar refractivity (Wildman–Crippen MR) is 137 cm³/mol. The third-order valence-electron chi connectivity index (χ3n) is 6.68. The van der Waals surface area contributed by atoms with Crippen molar-refractivity contribution < 1.29 is 36.3 Å². The third-order valence-corrected chi connectivity index (χ3v) is 8.16. The second kappa shape index (κ2) is 10.7. The van der Waals surface area contributed by atoms with E-state index in [2.05, 4.69) is 15.7 Å². The molecule has 0 bridgehead atoms. The van der Waals surface area contributed by atoms with Crippen molar-refractivity contribution in [3.8, 4) is 17.0 Å². The predicted octanol–water partition coefficient (Wildman–Crippen LogP) is 5.43. The lowest BCUT2D eigenvalue weighted by Crippen LogP contribution is -2.37. The molecule has 1 heterocycles. The van der Waals surface area contributed by atoms with Gasteiger partial charge in [0.1, 0.15) is 5.75 Å². The molecule has 4 rings (SSSR count). The lowest BCUT2D eigenvalue weighted by atomic mass is 9.82. The number of phenols is 1. The number of aromatic nitrogens is 2. The van der Waals surface area contributed by atoms with E-state index in [0.29, 0.717) is 17.3 Å². The van der Waals surface area contributed by atoms with Crippen LogP contribution in [0.2, 0.25) is 0 Å². The summed E-state index contributed by atoms with van der Waals surface area (Å²) < 4.78 is 63.3. The van der Waals surface area contributed by atoms with Crippen LogP contribution < -0.4 is 10.6 Å². The zero-order valence-corrected chi connectivity index (χ0v) is 21.9. The summed E-state index contributed by atoms with van der Waals surface area (Å²) in [5.41, 5.74) is -4.32. The average Bonchev–Trinajstić information content (AvgIpc) is 3.26. The topological polar surface area (TPSA) is 130 Å². The molecule has 0 radical (unpaired) electrons. The Morgan fingerprint density at radius 2 is 1.87 bits per heavy atom. The quantitative estimate of drug-likeness (QED) is 0.351. The fraction of sp³-hybridized carbons (Fsp3) is 0.346. The molecule has 1 aliphatic carbocycles. The van der Waals surface area contributed by atoms with E-state index in [1.807, 2.05) is 13.8 Å². The number of hydrogen-bond donors (Lipinski definition) is 3. The second-order valence-corrected chi connectivity index (χ2v) is 11.4. The summed E-state index contributed by atoms with van der Waals surface area (Å²) in [4.78, 5) is 24.4. The van der Waals surface area contributed by atoms with Gasteiger partial charge in [-0.05, 0) is 62.6 Å². The number of halogens is 3. The molecule has 1 aliphatic rings. The molecule has 13 heteroatoms. The zero-order valence-electron chi connectivity index (χ0n) is 21.1. The van der Waals surface area contributed by atoms with Gasteiger partial charge in [-0.3, -0.25) is 4.79 Å². The maximum Gasteiger partial charge on any atom is 0.501 e. The molecule has 208 valence electrons. The second-order valence-electron chi connectivity index (χ2n) is 9.42. The van der Waals surface area contributed by atoms with Crippen molar-refractivity contribution in [2.75, 3.05) is 5.32 Å². The number of aromatic hydroxyl groups is 1. The Kier molecular flexibility index (Phi) is 7.73. The van der Waals surface area contributed by atoms with Crippen LogP contribution in [0.15, 0.2) is 53.4 Å². The van der Waals surface area contributed by atoms with Crippen molar-refractivity contribution in [3.63, 3.8) is 0 Å². The highest BCUT2D eigenvalue weighted by atomic mass is 32.2. The molecular weight excluding hydrogens is 537 g/mol. The molecule has 39 heavy (non-hydrogen) atoms. The van der Waals surface area contributed by atoms with Crippen LogP contribution >= 0.6 is 0 Å². The number of benzene rings is 2. The largest absolute Gasteiger partial charge is 0.507 e. The Morgan fingerprint density at radius 3 is 2.46 bits per heavy atom. The first-order valence-electron chi connectivity index (χ1n) is 12.3. The highest BCUT2D eigenvalue weighted by molar-refractivity contribution is 7.92. The number of carbonyl (C=O) groups excluding carboxylic acids is 2. The van der Waals surface area contributed by atoms with E-state index in [0.717, 1.165) is 49.6 Å². The molecule has 2 amide bonds. The number of alkyl halides is 3. The highest BCUT2D eigenvalue weighted by Gasteiger charge is 2.47. The number of anilines is 1. The first-order chi connectivity index (χ1) is 18.3. The average molecular weight is 565 g/mol. The number of sulfone groups is 1. The van der Waals surface area contributed by atoms with Crippen molar-refractivity contribution >= 4 is 27.5 Å². The summed E-state index contributed by atoms with van der Waals surface area (Å²) in [5, 5.41) is 20.4. The molecule has 9 nitrogen and oxygen atoms in total. The summed E-state index contributed by atoms with van der Waals surface area (Å²) in [5.74, 6) is -0.959. The summed E-state index contributed by atoms with van der Waals surface area (Å²) in [6, 6.07) is 9.07. The number of hydrogen-bond acceptors (Lipinski definition) is 6. The standard InChI is InChI=1S/C26H27F3N4O5S/c1-3-15(2)30-25(36)33-22(16-6-4-7-16)14-21(32-33)20-11-10-18(13-23(20)34)31-24(35)17-8-5-9-19(12-17)39(37,38)26(27,28)29/h5,8-16,34H,3-4,6-7H2,1-2H3,(H,30,36)(H,31,35). The van der Waals surface area contributed by atoms with E-state index < -0.39 is 26.1 Å². The van der Waals surface area contributed by atoms with Crippen LogP contribution in [0.25, 0.3) is 11.3 Å². The minimum Gasteiger partial charge on any atom is -0.507 e. The van der Waals surface area contributed by atoms with Gasteiger partial charge >= 0.3 is 11.5 Å². The van der Waals surface area contributed by atoms with Gasteiger partial charge in [0.2, 0.25) is 0 Å². The molecule has 1 saturated carbocycles. The van der Waals surface area contributed by atoms with Gasteiger partial charge in [-0.2, -0.15) is 23.0 Å². The molecule has 0 saturated heterocycles. The minimum absolute atomic E-state index is 0.0510. The van der Waals surface area contributed by atoms with E-state index in [1.165, 1.54) is 22.9 Å². The smallest absolute Gasteiger partial charge is 0.501 e. The van der Waals surface area contributed by atoms with Gasteiger partial charge in [0.05, 0.1) is 16.3 Å². The lowest BCUT2D eigenvalue weighted by molar-refractivity contribution is -0.0436. The van der Waals surface area contributed by atoms with E-state index in [9.17, 15) is 36.3 Å². The minimum atomic E-state index is -5.63. The Bertz CT molecular complexity index is 1510. The SMILES string of the molecule is CCC(C)NC(=O)n1nc(-c2ccc(NC(=O)c3cccc(S(=O)(=O)C(F)(F)F)c3)cc2O)cc1C1CCC1. The van der Waals surface area contributed by atoms with Crippen molar-refractivity contribution in [2.24, 2.45) is 0 Å². The fourth-order valence-corrected chi connectivity index (χ4v) is 4.83. The zero-order chi connectivity index (χ0) is 28.5. The van der Waals surface area contributed by atoms with Crippen molar-refractivity contribution in [1.82, 2.24) is 15.1 Å². The summed E-state index contributed by atoms with van der Waals surface area (Å²) in [6.07, 6.45) is 3.63. The Hall–Kier alpha value is -3.87. The van der Waals surface area contributed by atoms with Crippen molar-refractivity contribution in [1.29, 1.82) is 0 Å². The van der Waals surface area contributed by atoms with Crippen LogP contribution in [-0.4, -0.2) is 46.8 Å². The summed E-state index contributed by atoms with van der Waals surface area (Å²) >= 11 is 0. The normalized spacial score (nSPS) is 14.9. The van der Waals surface area contributed by atoms with Crippen LogP contribution in [0.4, 0.5) is 23.7 Å². The van der Waals surface area contributed by atoms with Gasteiger partial charge in [0.25, 0.3) is 15.7 Å². The van der Waals surface area contributed by atoms with Crippen LogP contribution in [0, 0.1) is 0 Å². The first-order valence-corrected chi connectivity index (χ1v) is 13.8. The first kappa shape index (κ1) is 28.1. The maximum absolute atomic E-state index is 12.9. The van der Waals surface area contributed by atoms with E-state index in [1.54, 1.807) is 6.07 Å². The van der Waals surface area contributed by atoms with Crippen LogP contribution in [0.3, 0.4) is 0 Å². The molecule has 1 aromatic heterocycles. The molecule has 0 spiro atoms. The number of nitrogens with one attached hydrogen (secondary N) is 2. The van der Waals surface area contributed by atoms with Gasteiger partial charge < -0.3 is 15.7 Å². The van der Waals surface area contributed by atoms with Crippen molar-refractivity contribution in [2.45, 2.75) is 61.9 Å². The van der Waals surface area contributed by atoms with Gasteiger partial charge in [-0.25, -0.2) is 13.2 Å². The van der Waals surface area contributed by atoms with Gasteiger partial charge in [-0.1, -0.05) is 19.4 Å². The van der Waals surface area contributed by atoms with Gasteiger partial charge in [0, 0.05) is 34.8 Å².